The van der Waals surface area contributed by atoms with Crippen LogP contribution in [0.4, 0.5) is 11.6 Å². The normalized spacial score (nSPS) is 15.8. The Morgan fingerprint density at radius 1 is 1.21 bits per heavy atom. The van der Waals surface area contributed by atoms with Crippen molar-refractivity contribution >= 4 is 11.6 Å². The zero-order valence-corrected chi connectivity index (χ0v) is 11.5. The minimum Gasteiger partial charge on any atom is -0.326 e. The summed E-state index contributed by atoms with van der Waals surface area (Å²) < 4.78 is 2.28. The molecule has 1 saturated carbocycles. The van der Waals surface area contributed by atoms with Crippen LogP contribution in [0.1, 0.15) is 31.4 Å². The van der Waals surface area contributed by atoms with E-state index in [1.54, 1.807) is 0 Å². The quantitative estimate of drug-likeness (QED) is 0.890. The van der Waals surface area contributed by atoms with E-state index in [1.807, 2.05) is 18.2 Å². The van der Waals surface area contributed by atoms with Gasteiger partial charge in [-0.3, -0.25) is 0 Å². The molecule has 0 aliphatic heterocycles. The molecular formula is C16H21N3. The van der Waals surface area contributed by atoms with Crippen LogP contribution in [0.25, 0.3) is 0 Å². The molecule has 3 nitrogen and oxygen atoms in total. The molecular weight excluding hydrogens is 234 g/mol. The second-order valence-corrected chi connectivity index (χ2v) is 5.50. The molecule has 0 radical (unpaired) electrons. The topological polar surface area (TPSA) is 29.9 Å². The van der Waals surface area contributed by atoms with Crippen molar-refractivity contribution in [2.24, 2.45) is 5.92 Å². The average Bonchev–Trinajstić information content (AvgIpc) is 3.02. The summed E-state index contributed by atoms with van der Waals surface area (Å²) in [6.45, 7) is 3.15. The average molecular weight is 255 g/mol. The molecule has 0 spiro atoms. The van der Waals surface area contributed by atoms with E-state index in [9.17, 15) is 0 Å². The lowest BCUT2D eigenvalue weighted by molar-refractivity contribution is 0.460. The minimum atomic E-state index is 0.824. The molecule has 0 amide bonds. The monoisotopic (exact) mass is 255 g/mol. The van der Waals surface area contributed by atoms with Crippen molar-refractivity contribution in [1.29, 1.82) is 0 Å². The molecule has 0 saturated heterocycles. The lowest BCUT2D eigenvalue weighted by atomic mass is 10.1. The van der Waals surface area contributed by atoms with E-state index in [4.69, 9.17) is 0 Å². The van der Waals surface area contributed by atoms with E-state index in [0.29, 0.717) is 0 Å². The third kappa shape index (κ3) is 2.98. The van der Waals surface area contributed by atoms with Gasteiger partial charge in [0, 0.05) is 18.4 Å². The second-order valence-electron chi connectivity index (χ2n) is 5.50. The van der Waals surface area contributed by atoms with Gasteiger partial charge in [0.2, 0.25) is 5.95 Å². The maximum Gasteiger partial charge on any atom is 0.207 e. The Labute approximate surface area is 114 Å². The molecule has 1 aromatic heterocycles. The van der Waals surface area contributed by atoms with Crippen molar-refractivity contribution in [3.8, 4) is 0 Å². The highest BCUT2D eigenvalue weighted by molar-refractivity contribution is 5.53. The molecule has 1 aliphatic carbocycles. The fraction of sp³-hybridized carbons (Fsp3) is 0.438. The van der Waals surface area contributed by atoms with E-state index in [1.165, 1.54) is 25.7 Å². The van der Waals surface area contributed by atoms with Gasteiger partial charge in [0.1, 0.15) is 0 Å². The van der Waals surface area contributed by atoms with Crippen LogP contribution in [0.15, 0.2) is 36.5 Å². The van der Waals surface area contributed by atoms with Crippen LogP contribution < -0.4 is 5.32 Å². The Morgan fingerprint density at radius 2 is 1.95 bits per heavy atom. The summed E-state index contributed by atoms with van der Waals surface area (Å²) in [6, 6.07) is 10.3. The number of benzene rings is 1. The lowest BCUT2D eigenvalue weighted by Gasteiger charge is -2.13. The first kappa shape index (κ1) is 12.3. The van der Waals surface area contributed by atoms with Crippen molar-refractivity contribution in [2.45, 2.75) is 39.2 Å². The zero-order valence-electron chi connectivity index (χ0n) is 11.5. The van der Waals surface area contributed by atoms with Crippen LogP contribution in [-0.4, -0.2) is 9.55 Å². The van der Waals surface area contributed by atoms with Gasteiger partial charge >= 0.3 is 0 Å². The Morgan fingerprint density at radius 3 is 2.68 bits per heavy atom. The van der Waals surface area contributed by atoms with Crippen molar-refractivity contribution in [1.82, 2.24) is 9.55 Å². The third-order valence-corrected chi connectivity index (χ3v) is 3.86. The Bertz CT molecular complexity index is 524. The summed E-state index contributed by atoms with van der Waals surface area (Å²) in [5.74, 6) is 1.79. The van der Waals surface area contributed by atoms with Gasteiger partial charge in [0.25, 0.3) is 0 Å². The van der Waals surface area contributed by atoms with Crippen molar-refractivity contribution in [3.63, 3.8) is 0 Å². The van der Waals surface area contributed by atoms with Gasteiger partial charge in [-0.15, -0.1) is 0 Å². The number of rotatable bonds is 4. The molecule has 1 N–H and O–H groups in total. The fourth-order valence-electron chi connectivity index (χ4n) is 2.91. The molecule has 100 valence electrons. The second kappa shape index (κ2) is 5.47. The Kier molecular flexibility index (Phi) is 3.53. The SMILES string of the molecule is Cc1cn(CC2CCCC2)c(Nc2ccccc2)n1. The summed E-state index contributed by atoms with van der Waals surface area (Å²) in [5.41, 5.74) is 2.18. The molecule has 0 bridgehead atoms. The number of hydrogen-bond acceptors (Lipinski definition) is 2. The first-order valence-electron chi connectivity index (χ1n) is 7.17. The minimum absolute atomic E-state index is 0.824. The van der Waals surface area contributed by atoms with Gasteiger partial charge in [0.15, 0.2) is 0 Å². The highest BCUT2D eigenvalue weighted by Gasteiger charge is 2.17. The number of aromatic nitrogens is 2. The highest BCUT2D eigenvalue weighted by Crippen LogP contribution is 2.28. The van der Waals surface area contributed by atoms with Crippen LogP contribution >= 0.6 is 0 Å². The first-order chi connectivity index (χ1) is 9.31. The van der Waals surface area contributed by atoms with Crippen LogP contribution in [0.3, 0.4) is 0 Å². The largest absolute Gasteiger partial charge is 0.326 e. The number of hydrogen-bond donors (Lipinski definition) is 1. The summed E-state index contributed by atoms with van der Waals surface area (Å²) in [7, 11) is 0. The molecule has 2 aromatic rings. The van der Waals surface area contributed by atoms with Crippen molar-refractivity contribution < 1.29 is 0 Å². The Balaban J connectivity index is 1.76. The van der Waals surface area contributed by atoms with E-state index < -0.39 is 0 Å². The maximum absolute atomic E-state index is 4.60. The fourth-order valence-corrected chi connectivity index (χ4v) is 2.91. The summed E-state index contributed by atoms with van der Waals surface area (Å²) in [6.07, 6.45) is 7.66. The molecule has 1 heterocycles. The van der Waals surface area contributed by atoms with Gasteiger partial charge in [-0.05, 0) is 37.8 Å². The van der Waals surface area contributed by atoms with E-state index in [2.05, 4.69) is 40.1 Å². The van der Waals surface area contributed by atoms with Gasteiger partial charge in [-0.25, -0.2) is 4.98 Å². The van der Waals surface area contributed by atoms with Gasteiger partial charge in [-0.1, -0.05) is 31.0 Å². The number of aryl methyl sites for hydroxylation is 1. The molecule has 0 unspecified atom stereocenters. The number of para-hydroxylation sites is 1. The predicted molar refractivity (Wildman–Crippen MR) is 78.6 cm³/mol. The molecule has 3 heteroatoms. The zero-order chi connectivity index (χ0) is 13.1. The van der Waals surface area contributed by atoms with Crippen LogP contribution in [0, 0.1) is 12.8 Å². The Hall–Kier alpha value is -1.77. The highest BCUT2D eigenvalue weighted by atomic mass is 15.2. The van der Waals surface area contributed by atoms with E-state index in [-0.39, 0.29) is 0 Å². The molecule has 1 aliphatic rings. The lowest BCUT2D eigenvalue weighted by Crippen LogP contribution is -2.09. The van der Waals surface area contributed by atoms with Crippen molar-refractivity contribution in [2.75, 3.05) is 5.32 Å². The van der Waals surface area contributed by atoms with Crippen LogP contribution in [-0.2, 0) is 6.54 Å². The standard InChI is InChI=1S/C16H21N3/c1-13-11-19(12-14-7-5-6-8-14)16(17-13)18-15-9-3-2-4-10-15/h2-4,9-11,14H,5-8,12H2,1H3,(H,17,18). The number of anilines is 2. The molecule has 19 heavy (non-hydrogen) atoms. The summed E-state index contributed by atoms with van der Waals surface area (Å²) in [4.78, 5) is 4.60. The van der Waals surface area contributed by atoms with Crippen LogP contribution in [0.2, 0.25) is 0 Å². The van der Waals surface area contributed by atoms with Gasteiger partial charge < -0.3 is 9.88 Å². The summed E-state index contributed by atoms with van der Waals surface area (Å²) in [5, 5.41) is 3.42. The number of nitrogens with one attached hydrogen (secondary N) is 1. The smallest absolute Gasteiger partial charge is 0.207 e. The molecule has 1 fully saturated rings. The van der Waals surface area contributed by atoms with Gasteiger partial charge in [-0.2, -0.15) is 0 Å². The third-order valence-electron chi connectivity index (χ3n) is 3.86. The molecule has 3 rings (SSSR count). The predicted octanol–water partition coefficient (Wildman–Crippen LogP) is 4.13. The first-order valence-corrected chi connectivity index (χ1v) is 7.17. The van der Waals surface area contributed by atoms with E-state index >= 15 is 0 Å². The molecule has 0 atom stereocenters. The summed E-state index contributed by atoms with van der Waals surface area (Å²) >= 11 is 0. The van der Waals surface area contributed by atoms with Crippen LogP contribution in [0.5, 0.6) is 0 Å². The maximum atomic E-state index is 4.60. The van der Waals surface area contributed by atoms with E-state index in [0.717, 1.165) is 29.8 Å². The van der Waals surface area contributed by atoms with Crippen molar-refractivity contribution in [3.05, 3.63) is 42.2 Å². The number of nitrogens with zero attached hydrogens (tertiary/aromatic N) is 2. The van der Waals surface area contributed by atoms with Gasteiger partial charge in [0.05, 0.1) is 5.69 Å². The number of imidazole rings is 1. The molecule has 1 aromatic carbocycles.